The van der Waals surface area contributed by atoms with E-state index in [4.69, 9.17) is 4.99 Å². The van der Waals surface area contributed by atoms with Crippen LogP contribution in [0.1, 0.15) is 17.2 Å². The summed E-state index contributed by atoms with van der Waals surface area (Å²) in [5, 5.41) is 5.77. The lowest BCUT2D eigenvalue weighted by molar-refractivity contribution is 0.877. The summed E-state index contributed by atoms with van der Waals surface area (Å²) < 4.78 is 0. The van der Waals surface area contributed by atoms with E-state index in [1.807, 2.05) is 12.1 Å². The Morgan fingerprint density at radius 1 is 0.615 bits per heavy atom. The van der Waals surface area contributed by atoms with E-state index in [-0.39, 0.29) is 6.04 Å². The lowest BCUT2D eigenvalue weighted by Crippen LogP contribution is -2.02. The minimum atomic E-state index is -0.0228. The van der Waals surface area contributed by atoms with Crippen molar-refractivity contribution in [2.45, 2.75) is 6.04 Å². The molecule has 2 heteroatoms. The van der Waals surface area contributed by atoms with Crippen molar-refractivity contribution >= 4 is 22.8 Å². The van der Waals surface area contributed by atoms with Gasteiger partial charge in [0, 0.05) is 5.69 Å². The maximum Gasteiger partial charge on any atom is 0.102 e. The first-order chi connectivity index (χ1) is 12.9. The van der Waals surface area contributed by atoms with Crippen LogP contribution < -0.4 is 5.32 Å². The number of rotatable bonds is 5. The molecule has 1 N–H and O–H groups in total. The molecule has 126 valence electrons. The Balaban J connectivity index is 1.58. The molecule has 4 aromatic carbocycles. The zero-order valence-electron chi connectivity index (χ0n) is 14.4. The fourth-order valence-electron chi connectivity index (χ4n) is 3.10. The van der Waals surface area contributed by atoms with Crippen molar-refractivity contribution in [2.75, 3.05) is 5.32 Å². The van der Waals surface area contributed by atoms with Crippen LogP contribution in [0, 0.1) is 0 Å². The van der Waals surface area contributed by atoms with Gasteiger partial charge in [-0.2, -0.15) is 0 Å². The maximum atomic E-state index is 4.80. The van der Waals surface area contributed by atoms with Gasteiger partial charge in [0.15, 0.2) is 0 Å². The number of nitrogens with one attached hydrogen (secondary N) is 1. The fraction of sp³-hybridized carbons (Fsp3) is 0.0417. The molecule has 0 aliphatic carbocycles. The predicted molar refractivity (Wildman–Crippen MR) is 111 cm³/mol. The molecule has 0 bridgehead atoms. The van der Waals surface area contributed by atoms with Crippen LogP contribution in [0.4, 0.5) is 5.69 Å². The van der Waals surface area contributed by atoms with Crippen LogP contribution in [0.25, 0.3) is 10.8 Å². The number of fused-ring (bicyclic) bond motifs is 1. The Labute approximate surface area is 153 Å². The first kappa shape index (κ1) is 16.1. The third-order valence-corrected chi connectivity index (χ3v) is 4.43. The van der Waals surface area contributed by atoms with E-state index in [1.165, 1.54) is 21.9 Å². The lowest BCUT2D eigenvalue weighted by Gasteiger charge is -2.13. The van der Waals surface area contributed by atoms with E-state index >= 15 is 0 Å². The van der Waals surface area contributed by atoms with E-state index in [9.17, 15) is 0 Å². The van der Waals surface area contributed by atoms with Gasteiger partial charge in [0.05, 0.1) is 6.34 Å². The summed E-state index contributed by atoms with van der Waals surface area (Å²) >= 11 is 0. The van der Waals surface area contributed by atoms with Gasteiger partial charge < -0.3 is 5.32 Å². The smallest absolute Gasteiger partial charge is 0.102 e. The molecule has 0 atom stereocenters. The van der Waals surface area contributed by atoms with Crippen LogP contribution in [0.2, 0.25) is 0 Å². The van der Waals surface area contributed by atoms with E-state index in [2.05, 4.69) is 96.3 Å². The van der Waals surface area contributed by atoms with Crippen molar-refractivity contribution < 1.29 is 0 Å². The van der Waals surface area contributed by atoms with Gasteiger partial charge in [0.25, 0.3) is 0 Å². The molecule has 0 unspecified atom stereocenters. The number of hydrogen-bond acceptors (Lipinski definition) is 1. The van der Waals surface area contributed by atoms with Crippen LogP contribution in [0.15, 0.2) is 108 Å². The molecular weight excluding hydrogens is 316 g/mol. The minimum absolute atomic E-state index is 0.0228. The molecule has 0 fully saturated rings. The van der Waals surface area contributed by atoms with Crippen LogP contribution in [-0.4, -0.2) is 6.34 Å². The average Bonchev–Trinajstić information content (AvgIpc) is 2.72. The summed E-state index contributed by atoms with van der Waals surface area (Å²) in [4.78, 5) is 4.80. The second-order valence-corrected chi connectivity index (χ2v) is 6.21. The van der Waals surface area contributed by atoms with Gasteiger partial charge in [-0.05, 0) is 34.0 Å². The van der Waals surface area contributed by atoms with Crippen molar-refractivity contribution in [1.82, 2.24) is 0 Å². The van der Waals surface area contributed by atoms with Gasteiger partial charge in [0.1, 0.15) is 6.04 Å². The third-order valence-electron chi connectivity index (χ3n) is 4.43. The fourth-order valence-corrected chi connectivity index (χ4v) is 3.10. The Hall–Kier alpha value is -3.39. The van der Waals surface area contributed by atoms with E-state index in [0.717, 1.165) is 5.69 Å². The minimum Gasteiger partial charge on any atom is -0.347 e. The van der Waals surface area contributed by atoms with Crippen molar-refractivity contribution in [3.63, 3.8) is 0 Å². The summed E-state index contributed by atoms with van der Waals surface area (Å²) in [6.45, 7) is 0. The topological polar surface area (TPSA) is 24.4 Å². The van der Waals surface area contributed by atoms with Crippen molar-refractivity contribution in [2.24, 2.45) is 4.99 Å². The summed E-state index contributed by atoms with van der Waals surface area (Å²) in [6.07, 6.45) is 1.80. The standard InChI is InChI=1S/C24H20N2/c1-3-10-20(11-4-1)24(21-12-5-2-6-13-21)26-18-25-23-16-15-19-9-7-8-14-22(19)17-23/h1-18,24H,(H,25,26). The van der Waals surface area contributed by atoms with Gasteiger partial charge in [-0.15, -0.1) is 0 Å². The van der Waals surface area contributed by atoms with Crippen LogP contribution >= 0.6 is 0 Å². The number of benzene rings is 4. The highest BCUT2D eigenvalue weighted by molar-refractivity contribution is 5.88. The lowest BCUT2D eigenvalue weighted by atomic mass is 9.99. The van der Waals surface area contributed by atoms with Gasteiger partial charge in [-0.1, -0.05) is 91.0 Å². The molecule has 0 saturated heterocycles. The van der Waals surface area contributed by atoms with Crippen LogP contribution in [0.5, 0.6) is 0 Å². The summed E-state index contributed by atoms with van der Waals surface area (Å²) in [5.74, 6) is 0. The number of aliphatic imine (C=N–C) groups is 1. The summed E-state index contributed by atoms with van der Waals surface area (Å²) in [6, 6.07) is 35.4. The zero-order valence-corrected chi connectivity index (χ0v) is 14.4. The number of anilines is 1. The van der Waals surface area contributed by atoms with Gasteiger partial charge in [-0.25, -0.2) is 0 Å². The Morgan fingerprint density at radius 3 is 1.85 bits per heavy atom. The van der Waals surface area contributed by atoms with Crippen LogP contribution in [0.3, 0.4) is 0 Å². The quantitative estimate of drug-likeness (QED) is 0.347. The van der Waals surface area contributed by atoms with E-state index in [1.54, 1.807) is 6.34 Å². The monoisotopic (exact) mass is 336 g/mol. The molecule has 0 spiro atoms. The molecule has 4 aromatic rings. The molecule has 0 aliphatic heterocycles. The third kappa shape index (κ3) is 3.65. The Morgan fingerprint density at radius 2 is 1.19 bits per heavy atom. The highest BCUT2D eigenvalue weighted by Gasteiger charge is 2.11. The van der Waals surface area contributed by atoms with Gasteiger partial charge in [-0.3, -0.25) is 4.99 Å². The Kier molecular flexibility index (Phi) is 4.74. The average molecular weight is 336 g/mol. The van der Waals surface area contributed by atoms with E-state index < -0.39 is 0 Å². The molecule has 0 aliphatic rings. The van der Waals surface area contributed by atoms with Crippen molar-refractivity contribution in [3.05, 3.63) is 114 Å². The highest BCUT2D eigenvalue weighted by atomic mass is 15.0. The highest BCUT2D eigenvalue weighted by Crippen LogP contribution is 2.25. The van der Waals surface area contributed by atoms with E-state index in [0.29, 0.717) is 0 Å². The summed E-state index contributed by atoms with van der Waals surface area (Å²) in [5.41, 5.74) is 3.39. The zero-order chi connectivity index (χ0) is 17.6. The second kappa shape index (κ2) is 7.66. The first-order valence-corrected chi connectivity index (χ1v) is 8.77. The summed E-state index contributed by atoms with van der Waals surface area (Å²) in [7, 11) is 0. The first-order valence-electron chi connectivity index (χ1n) is 8.77. The molecule has 0 radical (unpaired) electrons. The normalized spacial score (nSPS) is 11.3. The molecule has 0 heterocycles. The molecule has 0 saturated carbocycles. The predicted octanol–water partition coefficient (Wildman–Crippen LogP) is 6.07. The molecule has 2 nitrogen and oxygen atoms in total. The largest absolute Gasteiger partial charge is 0.347 e. The maximum absolute atomic E-state index is 4.80. The number of hydrogen-bond donors (Lipinski definition) is 1. The van der Waals surface area contributed by atoms with Gasteiger partial charge in [0.2, 0.25) is 0 Å². The van der Waals surface area contributed by atoms with Crippen molar-refractivity contribution in [1.29, 1.82) is 0 Å². The molecule has 4 rings (SSSR count). The van der Waals surface area contributed by atoms with Gasteiger partial charge >= 0.3 is 0 Å². The second-order valence-electron chi connectivity index (χ2n) is 6.21. The van der Waals surface area contributed by atoms with Crippen molar-refractivity contribution in [3.8, 4) is 0 Å². The van der Waals surface area contributed by atoms with Crippen LogP contribution in [-0.2, 0) is 0 Å². The Bertz CT molecular complexity index is 968. The SMILES string of the molecule is C(=NC(c1ccccc1)c1ccccc1)Nc1ccc2ccccc2c1. The number of nitrogens with zero attached hydrogens (tertiary/aromatic N) is 1. The molecule has 26 heavy (non-hydrogen) atoms. The molecule has 0 amide bonds. The molecule has 0 aromatic heterocycles. The molecular formula is C24H20N2.